The number of carbonyl (C=O) groups excluding carboxylic acids is 1. The van der Waals surface area contributed by atoms with E-state index in [-0.39, 0.29) is 21.3 Å². The number of methoxy groups -OCH3 is 2. The summed E-state index contributed by atoms with van der Waals surface area (Å²) in [6, 6.07) is 9.77. The lowest BCUT2D eigenvalue weighted by molar-refractivity contribution is -0.114. The molecular formula is C18H14BrCl2N3O3. The van der Waals surface area contributed by atoms with Gasteiger partial charge >= 0.3 is 0 Å². The Morgan fingerprint density at radius 2 is 1.85 bits per heavy atom. The second-order valence-electron chi connectivity index (χ2n) is 5.13. The highest BCUT2D eigenvalue weighted by Crippen LogP contribution is 2.37. The molecule has 0 fully saturated rings. The number of hydrogen-bond acceptors (Lipinski definition) is 5. The summed E-state index contributed by atoms with van der Waals surface area (Å²) in [5, 5.41) is 10.6. The Labute approximate surface area is 175 Å². The number of hydrazine groups is 1. The SMILES string of the molecule is C=C(C#N)C(=O)N(Nc1ccc(OC)c(Br)c1)c1cc(OC)c(Cl)cc1Cl. The number of nitrogens with one attached hydrogen (secondary N) is 1. The van der Waals surface area contributed by atoms with Crippen LogP contribution in [-0.2, 0) is 4.79 Å². The van der Waals surface area contributed by atoms with E-state index < -0.39 is 5.91 Å². The highest BCUT2D eigenvalue weighted by molar-refractivity contribution is 9.10. The van der Waals surface area contributed by atoms with Crippen LogP contribution in [-0.4, -0.2) is 20.1 Å². The largest absolute Gasteiger partial charge is 0.496 e. The van der Waals surface area contributed by atoms with Crippen LogP contribution in [0, 0.1) is 11.3 Å². The van der Waals surface area contributed by atoms with Gasteiger partial charge in [-0.1, -0.05) is 29.8 Å². The lowest BCUT2D eigenvalue weighted by Crippen LogP contribution is -2.37. The van der Waals surface area contributed by atoms with Gasteiger partial charge < -0.3 is 9.47 Å². The van der Waals surface area contributed by atoms with Crippen LogP contribution in [0.1, 0.15) is 0 Å². The van der Waals surface area contributed by atoms with Crippen LogP contribution < -0.4 is 19.9 Å². The standard InChI is InChI=1S/C18H14BrCl2N3O3/c1-10(9-22)18(25)24(15-8-17(27-3)14(21)7-13(15)20)23-11-4-5-16(26-2)12(19)6-11/h4-8,23H,1H2,2-3H3. The minimum atomic E-state index is -0.685. The van der Waals surface area contributed by atoms with Gasteiger partial charge in [-0.25, -0.2) is 5.01 Å². The second-order valence-corrected chi connectivity index (χ2v) is 6.80. The molecule has 0 aliphatic carbocycles. The summed E-state index contributed by atoms with van der Waals surface area (Å²) in [6.45, 7) is 3.47. The molecule has 0 aromatic heterocycles. The Morgan fingerprint density at radius 1 is 1.19 bits per heavy atom. The van der Waals surface area contributed by atoms with E-state index in [2.05, 4.69) is 27.9 Å². The van der Waals surface area contributed by atoms with Crippen LogP contribution in [0.25, 0.3) is 0 Å². The molecule has 0 atom stereocenters. The van der Waals surface area contributed by atoms with Crippen LogP contribution in [0.4, 0.5) is 11.4 Å². The molecule has 1 amide bonds. The molecule has 140 valence electrons. The Hall–Kier alpha value is -2.40. The fourth-order valence-corrected chi connectivity index (χ4v) is 3.20. The summed E-state index contributed by atoms with van der Waals surface area (Å²) in [7, 11) is 2.98. The first kappa shape index (κ1) is 20.9. The minimum Gasteiger partial charge on any atom is -0.496 e. The maximum absolute atomic E-state index is 12.7. The van der Waals surface area contributed by atoms with Gasteiger partial charge in [-0.3, -0.25) is 10.2 Å². The lowest BCUT2D eigenvalue weighted by atomic mass is 10.2. The number of hydrogen-bond donors (Lipinski definition) is 1. The Bertz CT molecular complexity index is 944. The normalized spacial score (nSPS) is 9.93. The van der Waals surface area contributed by atoms with Crippen molar-refractivity contribution in [2.75, 3.05) is 24.7 Å². The number of nitriles is 1. The molecule has 27 heavy (non-hydrogen) atoms. The summed E-state index contributed by atoms with van der Waals surface area (Å²) in [4.78, 5) is 12.7. The van der Waals surface area contributed by atoms with E-state index in [1.807, 2.05) is 0 Å². The molecule has 6 nitrogen and oxygen atoms in total. The fraction of sp³-hybridized carbons (Fsp3) is 0.111. The zero-order valence-electron chi connectivity index (χ0n) is 14.3. The smallest absolute Gasteiger partial charge is 0.287 e. The van der Waals surface area contributed by atoms with Gasteiger partial charge in [0.15, 0.2) is 0 Å². The van der Waals surface area contributed by atoms with Gasteiger partial charge in [0.05, 0.1) is 40.1 Å². The molecule has 0 spiro atoms. The summed E-state index contributed by atoms with van der Waals surface area (Å²) in [5.74, 6) is 0.246. The second kappa shape index (κ2) is 9.00. The molecule has 0 radical (unpaired) electrons. The van der Waals surface area contributed by atoms with Gasteiger partial charge in [0.25, 0.3) is 5.91 Å². The van der Waals surface area contributed by atoms with Crippen molar-refractivity contribution in [3.8, 4) is 17.6 Å². The van der Waals surface area contributed by atoms with Gasteiger partial charge in [0.2, 0.25) is 0 Å². The first-order valence-electron chi connectivity index (χ1n) is 7.39. The summed E-state index contributed by atoms with van der Waals surface area (Å²) in [6.07, 6.45) is 0. The topological polar surface area (TPSA) is 74.6 Å². The van der Waals surface area contributed by atoms with E-state index in [1.165, 1.54) is 19.2 Å². The summed E-state index contributed by atoms with van der Waals surface area (Å²) >= 11 is 15.7. The molecule has 0 aliphatic heterocycles. The number of carbonyl (C=O) groups is 1. The predicted octanol–water partition coefficient (Wildman–Crippen LogP) is 5.21. The molecular weight excluding hydrogens is 457 g/mol. The van der Waals surface area contributed by atoms with E-state index in [1.54, 1.807) is 31.4 Å². The van der Waals surface area contributed by atoms with Crippen LogP contribution >= 0.6 is 39.1 Å². The van der Waals surface area contributed by atoms with Crippen molar-refractivity contribution >= 4 is 56.4 Å². The number of anilines is 2. The third-order valence-electron chi connectivity index (χ3n) is 3.45. The van der Waals surface area contributed by atoms with Crippen LogP contribution in [0.15, 0.2) is 47.0 Å². The first-order valence-corrected chi connectivity index (χ1v) is 8.94. The maximum atomic E-state index is 12.7. The Kier molecular flexibility index (Phi) is 6.97. The predicted molar refractivity (Wildman–Crippen MR) is 110 cm³/mol. The molecule has 2 rings (SSSR count). The van der Waals surface area contributed by atoms with Gasteiger partial charge in [0.1, 0.15) is 23.1 Å². The van der Waals surface area contributed by atoms with Crippen LogP contribution in [0.3, 0.4) is 0 Å². The van der Waals surface area contributed by atoms with E-state index in [9.17, 15) is 4.79 Å². The van der Waals surface area contributed by atoms with Crippen molar-refractivity contribution < 1.29 is 14.3 Å². The quantitative estimate of drug-likeness (QED) is 0.356. The van der Waals surface area contributed by atoms with E-state index >= 15 is 0 Å². The van der Waals surface area contributed by atoms with Gasteiger partial charge in [-0.15, -0.1) is 0 Å². The third kappa shape index (κ3) is 4.66. The number of nitrogens with zero attached hydrogens (tertiary/aromatic N) is 2. The monoisotopic (exact) mass is 469 g/mol. The molecule has 0 aliphatic rings. The van der Waals surface area contributed by atoms with Crippen LogP contribution in [0.5, 0.6) is 11.5 Å². The third-order valence-corrected chi connectivity index (χ3v) is 4.67. The molecule has 9 heteroatoms. The number of rotatable bonds is 6. The first-order chi connectivity index (χ1) is 12.8. The average Bonchev–Trinajstić information content (AvgIpc) is 2.65. The maximum Gasteiger partial charge on any atom is 0.287 e. The van der Waals surface area contributed by atoms with Crippen molar-refractivity contribution in [2.45, 2.75) is 0 Å². The molecule has 2 aromatic carbocycles. The zero-order valence-corrected chi connectivity index (χ0v) is 17.4. The van der Waals surface area contributed by atoms with E-state index in [0.717, 1.165) is 5.01 Å². The molecule has 0 saturated heterocycles. The summed E-state index contributed by atoms with van der Waals surface area (Å²) < 4.78 is 11.0. The highest BCUT2D eigenvalue weighted by Gasteiger charge is 2.23. The molecule has 0 saturated carbocycles. The number of amides is 1. The number of ether oxygens (including phenoxy) is 2. The molecule has 1 N–H and O–H groups in total. The van der Waals surface area contributed by atoms with Crippen molar-refractivity contribution in [3.05, 3.63) is 57.0 Å². The van der Waals surface area contributed by atoms with Gasteiger partial charge in [-0.05, 0) is 40.2 Å². The molecule has 2 aromatic rings. The molecule has 0 bridgehead atoms. The van der Waals surface area contributed by atoms with Gasteiger partial charge in [-0.2, -0.15) is 5.26 Å². The number of halogens is 3. The van der Waals surface area contributed by atoms with E-state index in [0.29, 0.717) is 21.7 Å². The number of benzene rings is 2. The van der Waals surface area contributed by atoms with Crippen LogP contribution in [0.2, 0.25) is 10.0 Å². The van der Waals surface area contributed by atoms with Crippen molar-refractivity contribution in [1.82, 2.24) is 0 Å². The van der Waals surface area contributed by atoms with Gasteiger partial charge in [0, 0.05) is 6.07 Å². The highest BCUT2D eigenvalue weighted by atomic mass is 79.9. The Balaban J connectivity index is 2.53. The van der Waals surface area contributed by atoms with E-state index in [4.69, 9.17) is 37.9 Å². The Morgan fingerprint density at radius 3 is 2.41 bits per heavy atom. The van der Waals surface area contributed by atoms with Crippen molar-refractivity contribution in [2.24, 2.45) is 0 Å². The molecule has 0 heterocycles. The van der Waals surface area contributed by atoms with Crippen molar-refractivity contribution in [3.63, 3.8) is 0 Å². The average molecular weight is 471 g/mol. The minimum absolute atomic E-state index is 0.181. The zero-order chi connectivity index (χ0) is 20.1. The van der Waals surface area contributed by atoms with Crippen molar-refractivity contribution in [1.29, 1.82) is 5.26 Å². The fourth-order valence-electron chi connectivity index (χ4n) is 2.11. The summed E-state index contributed by atoms with van der Waals surface area (Å²) in [5.41, 5.74) is 3.42. The molecule has 0 unspecified atom stereocenters. The lowest BCUT2D eigenvalue weighted by Gasteiger charge is -2.26.